The first kappa shape index (κ1) is 21.4. The van der Waals surface area contributed by atoms with E-state index in [0.29, 0.717) is 34.3 Å². The molecule has 0 aromatic heterocycles. The van der Waals surface area contributed by atoms with Crippen molar-refractivity contribution in [3.05, 3.63) is 63.5 Å². The van der Waals surface area contributed by atoms with Crippen molar-refractivity contribution in [2.75, 3.05) is 18.5 Å². The van der Waals surface area contributed by atoms with E-state index in [1.165, 1.54) is 11.8 Å². The molecular weight excluding hydrogens is 408 g/mol. The zero-order valence-corrected chi connectivity index (χ0v) is 17.9. The summed E-state index contributed by atoms with van der Waals surface area (Å²) in [4.78, 5) is 26.3. The molecule has 1 heterocycles. The molecule has 0 atom stereocenters. The van der Waals surface area contributed by atoms with Crippen molar-refractivity contribution >= 4 is 46.9 Å². The van der Waals surface area contributed by atoms with Gasteiger partial charge < -0.3 is 15.4 Å². The Morgan fingerprint density at radius 1 is 1.28 bits per heavy atom. The topological polar surface area (TPSA) is 67.4 Å². The summed E-state index contributed by atoms with van der Waals surface area (Å²) >= 11 is 7.54. The van der Waals surface area contributed by atoms with Gasteiger partial charge in [0.2, 0.25) is 0 Å². The molecule has 0 saturated carbocycles. The first-order chi connectivity index (χ1) is 13.9. The number of halogens is 1. The molecule has 1 aliphatic rings. The minimum Gasteiger partial charge on any atom is -0.379 e. The first-order valence-electron chi connectivity index (χ1n) is 9.43. The van der Waals surface area contributed by atoms with Crippen LogP contribution in [-0.4, -0.2) is 31.1 Å². The maximum absolute atomic E-state index is 12.5. The van der Waals surface area contributed by atoms with Crippen LogP contribution in [0.2, 0.25) is 5.02 Å². The Kier molecular flexibility index (Phi) is 7.36. The smallest absolute Gasteiger partial charge is 0.262 e. The molecule has 152 valence electrons. The number of hydrogen-bond acceptors (Lipinski definition) is 4. The molecule has 0 fully saturated rings. The molecule has 2 N–H and O–H groups in total. The summed E-state index contributed by atoms with van der Waals surface area (Å²) in [6, 6.07) is 12.7. The second-order valence-corrected chi connectivity index (χ2v) is 8.32. The monoisotopic (exact) mass is 430 g/mol. The summed E-state index contributed by atoms with van der Waals surface area (Å²) in [5.41, 5.74) is 1.92. The Balaban J connectivity index is 1.65. The van der Waals surface area contributed by atoms with Gasteiger partial charge in [0.25, 0.3) is 11.8 Å². The van der Waals surface area contributed by atoms with Gasteiger partial charge in [-0.3, -0.25) is 9.59 Å². The minimum absolute atomic E-state index is 0.172. The Bertz CT molecular complexity index is 943. The van der Waals surface area contributed by atoms with E-state index in [4.69, 9.17) is 16.3 Å². The molecule has 0 spiro atoms. The van der Waals surface area contributed by atoms with Crippen molar-refractivity contribution in [1.82, 2.24) is 5.32 Å². The Hall–Kier alpha value is -2.28. The third-order valence-corrected chi connectivity index (χ3v) is 5.63. The van der Waals surface area contributed by atoms with Gasteiger partial charge in [0, 0.05) is 28.6 Å². The van der Waals surface area contributed by atoms with E-state index < -0.39 is 0 Å². The lowest BCUT2D eigenvalue weighted by atomic mass is 10.1. The summed E-state index contributed by atoms with van der Waals surface area (Å²) < 4.78 is 5.46. The normalized spacial score (nSPS) is 14.6. The summed E-state index contributed by atoms with van der Waals surface area (Å²) in [6.07, 6.45) is 2.70. The minimum atomic E-state index is -0.217. The largest absolute Gasteiger partial charge is 0.379 e. The predicted octanol–water partition coefficient (Wildman–Crippen LogP) is 4.97. The summed E-state index contributed by atoms with van der Waals surface area (Å²) in [7, 11) is 0. The SMILES string of the molecule is CC(C)OCCCNC(=O)c1ccc2c(c1)NC(=O)/C(=C\c1ccccc1Cl)S2. The van der Waals surface area contributed by atoms with Gasteiger partial charge in [-0.2, -0.15) is 0 Å². The highest BCUT2D eigenvalue weighted by atomic mass is 35.5. The molecular formula is C22H23ClN2O3S. The van der Waals surface area contributed by atoms with Crippen LogP contribution >= 0.6 is 23.4 Å². The zero-order valence-electron chi connectivity index (χ0n) is 16.3. The van der Waals surface area contributed by atoms with Crippen molar-refractivity contribution in [2.45, 2.75) is 31.3 Å². The molecule has 0 unspecified atom stereocenters. The van der Waals surface area contributed by atoms with Crippen LogP contribution in [0.5, 0.6) is 0 Å². The lowest BCUT2D eigenvalue weighted by Gasteiger charge is -2.19. The summed E-state index contributed by atoms with van der Waals surface area (Å²) in [5, 5.41) is 6.32. The van der Waals surface area contributed by atoms with E-state index in [9.17, 15) is 9.59 Å². The summed E-state index contributed by atoms with van der Waals surface area (Å²) in [5.74, 6) is -0.389. The standard InChI is InChI=1S/C22H23ClN2O3S/c1-14(2)28-11-5-10-24-21(26)16-8-9-19-18(12-16)25-22(27)20(29-19)13-15-6-3-4-7-17(15)23/h3-4,6-9,12-14H,5,10-11H2,1-2H3,(H,24,26)(H,25,27)/b20-13+. The Morgan fingerprint density at radius 2 is 2.07 bits per heavy atom. The van der Waals surface area contributed by atoms with E-state index in [-0.39, 0.29) is 17.9 Å². The molecule has 29 heavy (non-hydrogen) atoms. The number of benzene rings is 2. The third-order valence-electron chi connectivity index (χ3n) is 4.18. The number of carbonyl (C=O) groups is 2. The summed E-state index contributed by atoms with van der Waals surface area (Å²) in [6.45, 7) is 5.10. The van der Waals surface area contributed by atoms with Gasteiger partial charge in [-0.05, 0) is 56.2 Å². The number of carbonyl (C=O) groups excluding carboxylic acids is 2. The van der Waals surface area contributed by atoms with Crippen LogP contribution in [0.4, 0.5) is 5.69 Å². The van der Waals surface area contributed by atoms with Gasteiger partial charge in [0.15, 0.2) is 0 Å². The molecule has 2 aromatic rings. The molecule has 2 aromatic carbocycles. The van der Waals surface area contributed by atoms with E-state index in [0.717, 1.165) is 16.9 Å². The van der Waals surface area contributed by atoms with Crippen molar-refractivity contribution in [2.24, 2.45) is 0 Å². The fourth-order valence-corrected chi connectivity index (χ4v) is 3.84. The van der Waals surface area contributed by atoms with Crippen molar-refractivity contribution < 1.29 is 14.3 Å². The molecule has 2 amide bonds. The van der Waals surface area contributed by atoms with E-state index in [1.54, 1.807) is 24.3 Å². The molecule has 3 rings (SSSR count). The van der Waals surface area contributed by atoms with E-state index in [1.807, 2.05) is 38.1 Å². The van der Waals surface area contributed by atoms with Crippen molar-refractivity contribution in [3.63, 3.8) is 0 Å². The number of rotatable bonds is 7. The van der Waals surface area contributed by atoms with Gasteiger partial charge in [0.05, 0.1) is 16.7 Å². The van der Waals surface area contributed by atoms with Gasteiger partial charge in [-0.25, -0.2) is 0 Å². The number of hydrogen-bond donors (Lipinski definition) is 2. The predicted molar refractivity (Wildman–Crippen MR) is 118 cm³/mol. The molecule has 0 aliphatic carbocycles. The number of fused-ring (bicyclic) bond motifs is 1. The third kappa shape index (κ3) is 5.85. The Morgan fingerprint density at radius 3 is 2.83 bits per heavy atom. The van der Waals surface area contributed by atoms with Gasteiger partial charge in [-0.1, -0.05) is 41.6 Å². The molecule has 0 radical (unpaired) electrons. The van der Waals surface area contributed by atoms with Gasteiger partial charge in [0.1, 0.15) is 0 Å². The number of thioether (sulfide) groups is 1. The van der Waals surface area contributed by atoms with Crippen molar-refractivity contribution in [1.29, 1.82) is 0 Å². The molecule has 1 aliphatic heterocycles. The lowest BCUT2D eigenvalue weighted by Crippen LogP contribution is -2.26. The number of ether oxygens (including phenoxy) is 1. The van der Waals surface area contributed by atoms with Crippen LogP contribution in [0.1, 0.15) is 36.2 Å². The highest BCUT2D eigenvalue weighted by Gasteiger charge is 2.22. The maximum Gasteiger partial charge on any atom is 0.262 e. The second kappa shape index (κ2) is 9.96. The number of anilines is 1. The van der Waals surface area contributed by atoms with Gasteiger partial charge >= 0.3 is 0 Å². The van der Waals surface area contributed by atoms with Crippen LogP contribution in [0.25, 0.3) is 6.08 Å². The lowest BCUT2D eigenvalue weighted by molar-refractivity contribution is -0.112. The molecule has 0 bridgehead atoms. The molecule has 0 saturated heterocycles. The fraction of sp³-hybridized carbons (Fsp3) is 0.273. The van der Waals surface area contributed by atoms with Crippen LogP contribution in [0.3, 0.4) is 0 Å². The van der Waals surface area contributed by atoms with Crippen LogP contribution < -0.4 is 10.6 Å². The van der Waals surface area contributed by atoms with Gasteiger partial charge in [-0.15, -0.1) is 0 Å². The number of nitrogens with one attached hydrogen (secondary N) is 2. The highest BCUT2D eigenvalue weighted by Crippen LogP contribution is 2.39. The number of amides is 2. The maximum atomic E-state index is 12.5. The van der Waals surface area contributed by atoms with Crippen LogP contribution in [-0.2, 0) is 9.53 Å². The van der Waals surface area contributed by atoms with Crippen LogP contribution in [0.15, 0.2) is 52.3 Å². The second-order valence-electron chi connectivity index (χ2n) is 6.83. The fourth-order valence-electron chi connectivity index (χ4n) is 2.73. The van der Waals surface area contributed by atoms with E-state index >= 15 is 0 Å². The van der Waals surface area contributed by atoms with Crippen molar-refractivity contribution in [3.8, 4) is 0 Å². The first-order valence-corrected chi connectivity index (χ1v) is 10.6. The quantitative estimate of drug-likeness (QED) is 0.480. The molecule has 7 heteroatoms. The average molecular weight is 431 g/mol. The highest BCUT2D eigenvalue weighted by molar-refractivity contribution is 8.04. The molecule has 5 nitrogen and oxygen atoms in total. The van der Waals surface area contributed by atoms with E-state index in [2.05, 4.69) is 10.6 Å². The van der Waals surface area contributed by atoms with Crippen LogP contribution in [0, 0.1) is 0 Å². The average Bonchev–Trinajstić information content (AvgIpc) is 2.69. The Labute approximate surface area is 179 Å². The zero-order chi connectivity index (χ0) is 20.8.